The number of aromatic nitrogens is 1. The van der Waals surface area contributed by atoms with E-state index in [1.807, 2.05) is 38.1 Å². The van der Waals surface area contributed by atoms with Gasteiger partial charge < -0.3 is 5.32 Å². The van der Waals surface area contributed by atoms with Crippen LogP contribution in [0.25, 0.3) is 0 Å². The van der Waals surface area contributed by atoms with Gasteiger partial charge in [-0.25, -0.2) is 18.1 Å². The van der Waals surface area contributed by atoms with Crippen molar-refractivity contribution in [3.63, 3.8) is 0 Å². The first-order valence-corrected chi connectivity index (χ1v) is 8.25. The third kappa shape index (κ3) is 4.27. The molecule has 0 saturated carbocycles. The topological polar surface area (TPSA) is 71.1 Å². The van der Waals surface area contributed by atoms with Gasteiger partial charge in [-0.1, -0.05) is 29.8 Å². The zero-order valence-electron chi connectivity index (χ0n) is 12.1. The summed E-state index contributed by atoms with van der Waals surface area (Å²) in [4.78, 5) is 4.28. The highest BCUT2D eigenvalue weighted by Gasteiger charge is 2.14. The standard InChI is InChI=1S/C15H19N3O2S/c1-3-16-15-10-14(7-8-17-15)21(19,20)18-11-13-6-4-5-12(2)9-13/h4-10,18H,3,11H2,1-2H3,(H,16,17). The highest BCUT2D eigenvalue weighted by molar-refractivity contribution is 7.89. The number of nitrogens with one attached hydrogen (secondary N) is 2. The molecule has 0 saturated heterocycles. The molecule has 6 heteroatoms. The van der Waals surface area contributed by atoms with Crippen molar-refractivity contribution in [1.82, 2.24) is 9.71 Å². The molecule has 0 atom stereocenters. The van der Waals surface area contributed by atoms with Gasteiger partial charge >= 0.3 is 0 Å². The fourth-order valence-corrected chi connectivity index (χ4v) is 2.97. The molecular weight excluding hydrogens is 286 g/mol. The maximum Gasteiger partial charge on any atom is 0.241 e. The second-order valence-electron chi connectivity index (χ2n) is 4.72. The summed E-state index contributed by atoms with van der Waals surface area (Å²) in [5.41, 5.74) is 2.03. The molecule has 0 fully saturated rings. The SMILES string of the molecule is CCNc1cc(S(=O)(=O)NCc2cccc(C)c2)ccn1. The van der Waals surface area contributed by atoms with Gasteiger partial charge in [0.25, 0.3) is 0 Å². The zero-order chi connectivity index (χ0) is 15.3. The number of hydrogen-bond donors (Lipinski definition) is 2. The number of sulfonamides is 1. The van der Waals surface area contributed by atoms with Gasteiger partial charge in [0, 0.05) is 25.4 Å². The minimum absolute atomic E-state index is 0.209. The Bertz CT molecular complexity index is 714. The van der Waals surface area contributed by atoms with Gasteiger partial charge in [0.15, 0.2) is 0 Å². The van der Waals surface area contributed by atoms with Gasteiger partial charge in [0.1, 0.15) is 5.82 Å². The van der Waals surface area contributed by atoms with Crippen LogP contribution < -0.4 is 10.0 Å². The van der Waals surface area contributed by atoms with Crippen molar-refractivity contribution < 1.29 is 8.42 Å². The van der Waals surface area contributed by atoms with E-state index >= 15 is 0 Å². The molecule has 1 heterocycles. The van der Waals surface area contributed by atoms with Crippen LogP contribution in [0.3, 0.4) is 0 Å². The van der Waals surface area contributed by atoms with Crippen molar-refractivity contribution in [3.8, 4) is 0 Å². The number of anilines is 1. The summed E-state index contributed by atoms with van der Waals surface area (Å²) in [7, 11) is -3.54. The predicted octanol–water partition coefficient (Wildman–Crippen LogP) is 2.30. The quantitative estimate of drug-likeness (QED) is 0.859. The normalized spacial score (nSPS) is 11.3. The number of benzene rings is 1. The van der Waals surface area contributed by atoms with E-state index in [0.717, 1.165) is 11.1 Å². The molecule has 0 bridgehead atoms. The first-order valence-electron chi connectivity index (χ1n) is 6.76. The molecule has 1 aromatic heterocycles. The van der Waals surface area contributed by atoms with Crippen LogP contribution in [-0.2, 0) is 16.6 Å². The minimum Gasteiger partial charge on any atom is -0.370 e. The van der Waals surface area contributed by atoms with E-state index in [9.17, 15) is 8.42 Å². The number of pyridine rings is 1. The van der Waals surface area contributed by atoms with Crippen LogP contribution in [0.15, 0.2) is 47.5 Å². The molecule has 0 aliphatic carbocycles. The lowest BCUT2D eigenvalue weighted by Crippen LogP contribution is -2.23. The number of rotatable bonds is 6. The summed E-state index contributed by atoms with van der Waals surface area (Å²) in [6.45, 7) is 4.86. The third-order valence-electron chi connectivity index (χ3n) is 2.95. The molecule has 0 aliphatic rings. The van der Waals surface area contributed by atoms with E-state index < -0.39 is 10.0 Å². The van der Waals surface area contributed by atoms with Gasteiger partial charge in [-0.2, -0.15) is 0 Å². The molecular formula is C15H19N3O2S. The van der Waals surface area contributed by atoms with Crippen molar-refractivity contribution in [2.45, 2.75) is 25.3 Å². The smallest absolute Gasteiger partial charge is 0.241 e. The highest BCUT2D eigenvalue weighted by atomic mass is 32.2. The first-order chi connectivity index (χ1) is 10.0. The van der Waals surface area contributed by atoms with E-state index in [2.05, 4.69) is 15.0 Å². The van der Waals surface area contributed by atoms with Gasteiger partial charge in [-0.15, -0.1) is 0 Å². The van der Waals surface area contributed by atoms with Crippen molar-refractivity contribution in [3.05, 3.63) is 53.7 Å². The Labute approximate surface area is 125 Å². The second-order valence-corrected chi connectivity index (χ2v) is 6.49. The van der Waals surface area contributed by atoms with Gasteiger partial charge in [-0.05, 0) is 25.5 Å². The summed E-state index contributed by atoms with van der Waals surface area (Å²) in [6, 6.07) is 10.8. The monoisotopic (exact) mass is 305 g/mol. The Balaban J connectivity index is 2.13. The number of aryl methyl sites for hydroxylation is 1. The average molecular weight is 305 g/mol. The van der Waals surface area contributed by atoms with Crippen molar-refractivity contribution in [1.29, 1.82) is 0 Å². The molecule has 2 aromatic rings. The van der Waals surface area contributed by atoms with Crippen LogP contribution in [0.4, 0.5) is 5.82 Å². The van der Waals surface area contributed by atoms with E-state index in [0.29, 0.717) is 12.4 Å². The van der Waals surface area contributed by atoms with E-state index in [-0.39, 0.29) is 11.4 Å². The second kappa shape index (κ2) is 6.69. The van der Waals surface area contributed by atoms with E-state index in [4.69, 9.17) is 0 Å². The Morgan fingerprint density at radius 3 is 2.71 bits per heavy atom. The molecule has 21 heavy (non-hydrogen) atoms. The summed E-state index contributed by atoms with van der Waals surface area (Å²) in [5, 5.41) is 3.00. The molecule has 0 radical (unpaired) electrons. The lowest BCUT2D eigenvalue weighted by atomic mass is 10.1. The summed E-state index contributed by atoms with van der Waals surface area (Å²) in [6.07, 6.45) is 1.49. The highest BCUT2D eigenvalue weighted by Crippen LogP contribution is 2.13. The fourth-order valence-electron chi connectivity index (χ4n) is 1.94. The lowest BCUT2D eigenvalue weighted by Gasteiger charge is -2.09. The predicted molar refractivity (Wildman–Crippen MR) is 83.6 cm³/mol. The summed E-state index contributed by atoms with van der Waals surface area (Å²) >= 11 is 0. The summed E-state index contributed by atoms with van der Waals surface area (Å²) < 4.78 is 27.2. The Morgan fingerprint density at radius 2 is 2.00 bits per heavy atom. The Kier molecular flexibility index (Phi) is 4.93. The van der Waals surface area contributed by atoms with Crippen molar-refractivity contribution in [2.75, 3.05) is 11.9 Å². The largest absolute Gasteiger partial charge is 0.370 e. The Hall–Kier alpha value is -1.92. The lowest BCUT2D eigenvalue weighted by molar-refractivity contribution is 0.581. The number of nitrogens with zero attached hydrogens (tertiary/aromatic N) is 1. The minimum atomic E-state index is -3.54. The van der Waals surface area contributed by atoms with E-state index in [1.165, 1.54) is 18.3 Å². The summed E-state index contributed by atoms with van der Waals surface area (Å²) in [5.74, 6) is 0.552. The molecule has 0 spiro atoms. The van der Waals surface area contributed by atoms with Crippen molar-refractivity contribution >= 4 is 15.8 Å². The maximum absolute atomic E-state index is 12.3. The fraction of sp³-hybridized carbons (Fsp3) is 0.267. The molecule has 2 N–H and O–H groups in total. The van der Waals surface area contributed by atoms with Crippen LogP contribution in [0.2, 0.25) is 0 Å². The van der Waals surface area contributed by atoms with Gasteiger partial charge in [-0.3, -0.25) is 0 Å². The molecule has 0 amide bonds. The van der Waals surface area contributed by atoms with Crippen LogP contribution in [0, 0.1) is 6.92 Å². The maximum atomic E-state index is 12.3. The zero-order valence-corrected chi connectivity index (χ0v) is 12.9. The average Bonchev–Trinajstić information content (AvgIpc) is 2.46. The van der Waals surface area contributed by atoms with Crippen LogP contribution >= 0.6 is 0 Å². The van der Waals surface area contributed by atoms with Gasteiger partial charge in [0.05, 0.1) is 4.90 Å². The third-order valence-corrected chi connectivity index (χ3v) is 4.35. The molecule has 0 unspecified atom stereocenters. The molecule has 0 aliphatic heterocycles. The molecule has 2 rings (SSSR count). The molecule has 5 nitrogen and oxygen atoms in total. The Morgan fingerprint density at radius 1 is 1.19 bits per heavy atom. The molecule has 112 valence electrons. The first kappa shape index (κ1) is 15.5. The number of hydrogen-bond acceptors (Lipinski definition) is 4. The molecule has 1 aromatic carbocycles. The van der Waals surface area contributed by atoms with Crippen LogP contribution in [-0.4, -0.2) is 19.9 Å². The van der Waals surface area contributed by atoms with Crippen LogP contribution in [0.5, 0.6) is 0 Å². The van der Waals surface area contributed by atoms with Crippen molar-refractivity contribution in [2.24, 2.45) is 0 Å². The van der Waals surface area contributed by atoms with Crippen LogP contribution in [0.1, 0.15) is 18.1 Å². The van der Waals surface area contributed by atoms with E-state index in [1.54, 1.807) is 0 Å². The van der Waals surface area contributed by atoms with Gasteiger partial charge in [0.2, 0.25) is 10.0 Å².